The topological polar surface area (TPSA) is 22.8 Å². The molecule has 4 aromatic rings. The molecule has 0 saturated heterocycles. The number of fused-ring (bicyclic) bond motifs is 1. The van der Waals surface area contributed by atoms with Crippen LogP contribution in [0.2, 0.25) is 0 Å². The highest BCUT2D eigenvalue weighted by Gasteiger charge is 2.31. The lowest BCUT2D eigenvalue weighted by atomic mass is 10.1. The maximum Gasteiger partial charge on any atom is 0.416 e. The number of alkyl halides is 3. The van der Waals surface area contributed by atoms with Gasteiger partial charge < -0.3 is 4.57 Å². The molecule has 0 aliphatic heterocycles. The fourth-order valence-corrected chi connectivity index (χ4v) is 3.38. The molecule has 3 nitrogen and oxygen atoms in total. The Bertz CT molecular complexity index is 1090. The minimum atomic E-state index is -4.40. The van der Waals surface area contributed by atoms with Crippen molar-refractivity contribution in [2.75, 3.05) is 0 Å². The molecule has 0 amide bonds. The van der Waals surface area contributed by atoms with Crippen molar-refractivity contribution >= 4 is 10.9 Å². The van der Waals surface area contributed by atoms with Gasteiger partial charge in [-0.3, -0.25) is 4.68 Å². The monoisotopic (exact) mass is 369 g/mol. The molecule has 2 aromatic carbocycles. The highest BCUT2D eigenvalue weighted by molar-refractivity contribution is 5.87. The van der Waals surface area contributed by atoms with Crippen LogP contribution in [0.15, 0.2) is 60.7 Å². The standard InChI is InChI=1S/C21H18F3N3/c1-14-8-9-15(2)27(14)20-18-12-17(21(22,23)24)10-11-19(18)26(25-20)13-16-6-4-3-5-7-16/h3-12H,13H2,1-2H3. The third-order valence-corrected chi connectivity index (χ3v) is 4.72. The number of hydrogen-bond acceptors (Lipinski definition) is 1. The molecule has 138 valence electrons. The summed E-state index contributed by atoms with van der Waals surface area (Å²) in [5.41, 5.74) is 2.90. The summed E-state index contributed by atoms with van der Waals surface area (Å²) in [4.78, 5) is 0. The van der Waals surface area contributed by atoms with E-state index in [1.54, 1.807) is 4.68 Å². The molecule has 2 aromatic heterocycles. The third kappa shape index (κ3) is 3.12. The lowest BCUT2D eigenvalue weighted by Gasteiger charge is -2.08. The highest BCUT2D eigenvalue weighted by Crippen LogP contribution is 2.34. The summed E-state index contributed by atoms with van der Waals surface area (Å²) in [5.74, 6) is 0.520. The molecular formula is C21H18F3N3. The first-order valence-electron chi connectivity index (χ1n) is 8.61. The van der Waals surface area contributed by atoms with E-state index >= 15 is 0 Å². The minimum Gasteiger partial charge on any atom is -0.301 e. The molecule has 0 fully saturated rings. The van der Waals surface area contributed by atoms with Crippen molar-refractivity contribution in [3.63, 3.8) is 0 Å². The Morgan fingerprint density at radius 3 is 2.19 bits per heavy atom. The van der Waals surface area contributed by atoms with Crippen molar-refractivity contribution in [1.82, 2.24) is 14.3 Å². The van der Waals surface area contributed by atoms with E-state index in [4.69, 9.17) is 0 Å². The minimum absolute atomic E-state index is 0.488. The predicted molar refractivity (Wildman–Crippen MR) is 99.1 cm³/mol. The molecular weight excluding hydrogens is 351 g/mol. The smallest absolute Gasteiger partial charge is 0.301 e. The predicted octanol–water partition coefficient (Wildman–Crippen LogP) is 5.51. The van der Waals surface area contributed by atoms with Gasteiger partial charge in [0.1, 0.15) is 0 Å². The van der Waals surface area contributed by atoms with E-state index in [-0.39, 0.29) is 0 Å². The molecule has 0 spiro atoms. The largest absolute Gasteiger partial charge is 0.416 e. The Morgan fingerprint density at radius 2 is 1.56 bits per heavy atom. The third-order valence-electron chi connectivity index (χ3n) is 4.72. The highest BCUT2D eigenvalue weighted by atomic mass is 19.4. The number of nitrogens with zero attached hydrogens (tertiary/aromatic N) is 3. The molecule has 4 rings (SSSR count). The second kappa shape index (κ2) is 6.30. The van der Waals surface area contributed by atoms with Crippen molar-refractivity contribution in [2.45, 2.75) is 26.6 Å². The number of aryl methyl sites for hydroxylation is 2. The molecule has 0 aliphatic rings. The molecule has 2 heterocycles. The van der Waals surface area contributed by atoms with Crippen LogP contribution in [0.3, 0.4) is 0 Å². The van der Waals surface area contributed by atoms with E-state index < -0.39 is 11.7 Å². The van der Waals surface area contributed by atoms with Crippen molar-refractivity contribution in [3.05, 3.63) is 83.2 Å². The van der Waals surface area contributed by atoms with E-state index in [0.29, 0.717) is 23.3 Å². The fourth-order valence-electron chi connectivity index (χ4n) is 3.38. The van der Waals surface area contributed by atoms with Crippen molar-refractivity contribution in [1.29, 1.82) is 0 Å². The summed E-state index contributed by atoms with van der Waals surface area (Å²) >= 11 is 0. The Hall–Kier alpha value is -3.02. The van der Waals surface area contributed by atoms with Gasteiger partial charge >= 0.3 is 6.18 Å². The van der Waals surface area contributed by atoms with Gasteiger partial charge in [-0.2, -0.15) is 18.3 Å². The molecule has 0 aliphatic carbocycles. The Labute approximate surface area is 154 Å². The average Bonchev–Trinajstić information content (AvgIpc) is 3.14. The molecule has 6 heteroatoms. The van der Waals surface area contributed by atoms with Crippen molar-refractivity contribution in [3.8, 4) is 5.82 Å². The molecule has 0 radical (unpaired) electrons. The molecule has 0 bridgehead atoms. The summed E-state index contributed by atoms with van der Waals surface area (Å²) in [7, 11) is 0. The van der Waals surface area contributed by atoms with Gasteiger partial charge in [-0.25, -0.2) is 0 Å². The lowest BCUT2D eigenvalue weighted by Crippen LogP contribution is -2.05. The molecule has 0 N–H and O–H groups in total. The Kier molecular flexibility index (Phi) is 4.06. The summed E-state index contributed by atoms with van der Waals surface area (Å²) in [5, 5.41) is 5.17. The van der Waals surface area contributed by atoms with Crippen LogP contribution in [0, 0.1) is 13.8 Å². The number of halogens is 3. The lowest BCUT2D eigenvalue weighted by molar-refractivity contribution is -0.137. The van der Waals surface area contributed by atoms with Crippen LogP contribution in [0.25, 0.3) is 16.7 Å². The zero-order valence-electron chi connectivity index (χ0n) is 15.0. The maximum absolute atomic E-state index is 13.3. The molecule has 27 heavy (non-hydrogen) atoms. The van der Waals surface area contributed by atoms with Gasteiger partial charge in [0, 0.05) is 16.8 Å². The number of aromatic nitrogens is 3. The van der Waals surface area contributed by atoms with Gasteiger partial charge in [-0.1, -0.05) is 30.3 Å². The normalized spacial score (nSPS) is 12.0. The Balaban J connectivity index is 1.95. The molecule has 0 saturated carbocycles. The Morgan fingerprint density at radius 1 is 0.889 bits per heavy atom. The van der Waals surface area contributed by atoms with Crippen LogP contribution >= 0.6 is 0 Å². The van der Waals surface area contributed by atoms with Crippen LogP contribution < -0.4 is 0 Å². The number of rotatable bonds is 3. The van der Waals surface area contributed by atoms with Crippen LogP contribution in [0.4, 0.5) is 13.2 Å². The van der Waals surface area contributed by atoms with E-state index in [1.807, 2.05) is 60.9 Å². The van der Waals surface area contributed by atoms with Gasteiger partial charge in [-0.15, -0.1) is 0 Å². The van der Waals surface area contributed by atoms with E-state index in [0.717, 1.165) is 23.0 Å². The van der Waals surface area contributed by atoms with Gasteiger partial charge in [0.05, 0.1) is 17.6 Å². The maximum atomic E-state index is 13.3. The summed E-state index contributed by atoms with van der Waals surface area (Å²) < 4.78 is 43.5. The van der Waals surface area contributed by atoms with E-state index in [9.17, 15) is 13.2 Å². The number of hydrogen-bond donors (Lipinski definition) is 0. The first kappa shape index (κ1) is 17.4. The zero-order valence-corrected chi connectivity index (χ0v) is 15.0. The van der Waals surface area contributed by atoms with Gasteiger partial charge in [0.2, 0.25) is 0 Å². The molecule has 0 unspecified atom stereocenters. The van der Waals surface area contributed by atoms with Crippen molar-refractivity contribution in [2.24, 2.45) is 0 Å². The van der Waals surface area contributed by atoms with Gasteiger partial charge in [-0.05, 0) is 49.7 Å². The van der Waals surface area contributed by atoms with E-state index in [2.05, 4.69) is 5.10 Å². The van der Waals surface area contributed by atoms with Crippen LogP contribution in [-0.2, 0) is 12.7 Å². The van der Waals surface area contributed by atoms with Crippen LogP contribution in [-0.4, -0.2) is 14.3 Å². The summed E-state index contributed by atoms with van der Waals surface area (Å²) in [6, 6.07) is 17.4. The summed E-state index contributed by atoms with van der Waals surface area (Å²) in [6.07, 6.45) is -4.40. The SMILES string of the molecule is Cc1ccc(C)n1-c1nn(Cc2ccccc2)c2ccc(C(F)(F)F)cc12. The van der Waals surface area contributed by atoms with Gasteiger partial charge in [0.15, 0.2) is 5.82 Å². The number of benzene rings is 2. The van der Waals surface area contributed by atoms with Gasteiger partial charge in [0.25, 0.3) is 0 Å². The first-order chi connectivity index (χ1) is 12.8. The fraction of sp³-hybridized carbons (Fsp3) is 0.190. The second-order valence-electron chi connectivity index (χ2n) is 6.65. The van der Waals surface area contributed by atoms with Crippen LogP contribution in [0.1, 0.15) is 22.5 Å². The first-order valence-corrected chi connectivity index (χ1v) is 8.61. The second-order valence-corrected chi connectivity index (χ2v) is 6.65. The average molecular weight is 369 g/mol. The van der Waals surface area contributed by atoms with E-state index in [1.165, 1.54) is 12.1 Å². The summed E-state index contributed by atoms with van der Waals surface area (Å²) in [6.45, 7) is 4.33. The quantitative estimate of drug-likeness (QED) is 0.467. The van der Waals surface area contributed by atoms with Crippen molar-refractivity contribution < 1.29 is 13.2 Å². The van der Waals surface area contributed by atoms with Crippen LogP contribution in [0.5, 0.6) is 0 Å². The molecule has 0 atom stereocenters. The zero-order chi connectivity index (χ0) is 19.2.